The van der Waals surface area contributed by atoms with Gasteiger partial charge in [0.05, 0.1) is 16.0 Å². The summed E-state index contributed by atoms with van der Waals surface area (Å²) in [6.07, 6.45) is 1.16. The van der Waals surface area contributed by atoms with E-state index >= 15 is 0 Å². The van der Waals surface area contributed by atoms with Crippen molar-refractivity contribution in [3.8, 4) is 0 Å². The van der Waals surface area contributed by atoms with Crippen LogP contribution in [0.2, 0.25) is 0 Å². The minimum Gasteiger partial charge on any atom is -0.411 e. The number of aryl methyl sites for hydroxylation is 1. The van der Waals surface area contributed by atoms with E-state index in [-0.39, 0.29) is 5.69 Å². The molecule has 5 nitrogen and oxygen atoms in total. The maximum absolute atomic E-state index is 11.1. The lowest BCUT2D eigenvalue weighted by Gasteiger charge is -2.04. The van der Waals surface area contributed by atoms with Gasteiger partial charge in [-0.3, -0.25) is 10.1 Å². The molecule has 0 unspecified atom stereocenters. The summed E-state index contributed by atoms with van der Waals surface area (Å²) in [4.78, 5) is 12.2. The van der Waals surface area contributed by atoms with E-state index < -0.39 is 4.92 Å². The Morgan fingerprint density at radius 3 is 2.55 bits per heavy atom. The van der Waals surface area contributed by atoms with Crippen LogP contribution in [0.25, 0.3) is 0 Å². The number of nitrogens with zero attached hydrogens (tertiary/aromatic N) is 2. The number of nitro groups is 1. The van der Waals surface area contributed by atoms with E-state index in [2.05, 4.69) is 5.16 Å². The highest BCUT2D eigenvalue weighted by Gasteiger charge is 2.15. The summed E-state index contributed by atoms with van der Waals surface area (Å²) in [5.41, 5.74) is 1.61. The molecule has 2 aromatic rings. The van der Waals surface area contributed by atoms with Crippen LogP contribution in [-0.4, -0.2) is 16.3 Å². The van der Waals surface area contributed by atoms with Gasteiger partial charge >= 0.3 is 0 Å². The second kappa shape index (κ2) is 6.21. The highest BCUT2D eigenvalue weighted by Crippen LogP contribution is 2.35. The lowest BCUT2D eigenvalue weighted by molar-refractivity contribution is -0.387. The van der Waals surface area contributed by atoms with Crippen molar-refractivity contribution in [1.82, 2.24) is 0 Å². The summed E-state index contributed by atoms with van der Waals surface area (Å²) >= 11 is 1.33. The van der Waals surface area contributed by atoms with Crippen LogP contribution in [0.5, 0.6) is 0 Å². The number of oxime groups is 1. The molecule has 0 saturated carbocycles. The summed E-state index contributed by atoms with van der Waals surface area (Å²) in [6, 6.07) is 12.5. The van der Waals surface area contributed by atoms with Gasteiger partial charge in [-0.05, 0) is 25.1 Å². The Balaban J connectivity index is 2.35. The highest BCUT2D eigenvalue weighted by atomic mass is 32.2. The molecular weight excluding hydrogens is 276 g/mol. The van der Waals surface area contributed by atoms with E-state index in [1.807, 2.05) is 31.2 Å². The molecule has 2 aromatic carbocycles. The van der Waals surface area contributed by atoms with Crippen molar-refractivity contribution in [2.24, 2.45) is 5.16 Å². The summed E-state index contributed by atoms with van der Waals surface area (Å²) < 4.78 is 0. The summed E-state index contributed by atoms with van der Waals surface area (Å²) in [7, 11) is 0. The van der Waals surface area contributed by atoms with Crippen LogP contribution < -0.4 is 0 Å². The molecule has 0 fully saturated rings. The highest BCUT2D eigenvalue weighted by molar-refractivity contribution is 7.99. The smallest absolute Gasteiger partial charge is 0.283 e. The maximum Gasteiger partial charge on any atom is 0.283 e. The van der Waals surface area contributed by atoms with Crippen molar-refractivity contribution in [3.05, 3.63) is 63.7 Å². The lowest BCUT2D eigenvalue weighted by atomic mass is 10.2. The first kappa shape index (κ1) is 14.1. The fourth-order valence-corrected chi connectivity index (χ4v) is 2.54. The van der Waals surface area contributed by atoms with Crippen LogP contribution in [0.1, 0.15) is 11.1 Å². The van der Waals surface area contributed by atoms with Crippen LogP contribution in [0.4, 0.5) is 5.69 Å². The van der Waals surface area contributed by atoms with Gasteiger partial charge in [0.1, 0.15) is 0 Å². The summed E-state index contributed by atoms with van der Waals surface area (Å²) in [5.74, 6) is 0. The standard InChI is InChI=1S/C14H12N2O3S/c1-10-2-5-12(6-3-10)20-14-7-4-11(9-15-17)8-13(14)16(18)19/h2-9,17H,1H3/b15-9+. The number of hydrogen-bond donors (Lipinski definition) is 1. The van der Waals surface area contributed by atoms with Gasteiger partial charge in [-0.15, -0.1) is 0 Å². The van der Waals surface area contributed by atoms with Crippen LogP contribution in [0, 0.1) is 17.0 Å². The average Bonchev–Trinajstić information content (AvgIpc) is 2.43. The molecule has 20 heavy (non-hydrogen) atoms. The molecule has 0 saturated heterocycles. The molecule has 0 aliphatic heterocycles. The Kier molecular flexibility index (Phi) is 4.37. The minimum atomic E-state index is -0.439. The molecule has 0 aliphatic rings. The van der Waals surface area contributed by atoms with Gasteiger partial charge in [0.15, 0.2) is 0 Å². The largest absolute Gasteiger partial charge is 0.411 e. The zero-order valence-electron chi connectivity index (χ0n) is 10.7. The Hall–Kier alpha value is -2.34. The van der Waals surface area contributed by atoms with Crippen LogP contribution in [-0.2, 0) is 0 Å². The summed E-state index contributed by atoms with van der Waals surface area (Å²) in [5, 5.41) is 22.5. The van der Waals surface area contributed by atoms with E-state index in [0.29, 0.717) is 10.5 Å². The molecule has 0 spiro atoms. The monoisotopic (exact) mass is 288 g/mol. The van der Waals surface area contributed by atoms with E-state index in [4.69, 9.17) is 5.21 Å². The number of nitro benzene ring substituents is 1. The van der Waals surface area contributed by atoms with Crippen molar-refractivity contribution in [3.63, 3.8) is 0 Å². The first-order chi connectivity index (χ1) is 9.60. The van der Waals surface area contributed by atoms with Crippen LogP contribution in [0.3, 0.4) is 0 Å². The van der Waals surface area contributed by atoms with Crippen molar-refractivity contribution in [1.29, 1.82) is 0 Å². The first-order valence-corrected chi connectivity index (χ1v) is 6.62. The molecular formula is C14H12N2O3S. The average molecular weight is 288 g/mol. The molecule has 6 heteroatoms. The SMILES string of the molecule is Cc1ccc(Sc2ccc(/C=N/O)cc2[N+](=O)[O-])cc1. The molecule has 0 radical (unpaired) electrons. The Bertz CT molecular complexity index is 654. The van der Waals surface area contributed by atoms with Crippen molar-refractivity contribution >= 4 is 23.7 Å². The van der Waals surface area contributed by atoms with E-state index in [9.17, 15) is 10.1 Å². The molecule has 0 atom stereocenters. The molecule has 0 aliphatic carbocycles. The normalized spacial score (nSPS) is 10.8. The van der Waals surface area contributed by atoms with Gasteiger partial charge in [-0.1, -0.05) is 40.7 Å². The fraction of sp³-hybridized carbons (Fsp3) is 0.0714. The van der Waals surface area contributed by atoms with E-state index in [0.717, 1.165) is 16.7 Å². The molecule has 0 amide bonds. The zero-order chi connectivity index (χ0) is 14.5. The third-order valence-corrected chi connectivity index (χ3v) is 3.71. The number of hydrogen-bond acceptors (Lipinski definition) is 5. The number of benzene rings is 2. The molecule has 1 N–H and O–H groups in total. The zero-order valence-corrected chi connectivity index (χ0v) is 11.5. The predicted molar refractivity (Wildman–Crippen MR) is 77.8 cm³/mol. The van der Waals surface area contributed by atoms with Gasteiger partial charge in [-0.25, -0.2) is 0 Å². The van der Waals surface area contributed by atoms with Gasteiger partial charge in [0, 0.05) is 16.5 Å². The Morgan fingerprint density at radius 2 is 1.95 bits per heavy atom. The fourth-order valence-electron chi connectivity index (χ4n) is 1.64. The Morgan fingerprint density at radius 1 is 1.25 bits per heavy atom. The van der Waals surface area contributed by atoms with Crippen molar-refractivity contribution in [2.45, 2.75) is 16.7 Å². The Labute approximate surface area is 120 Å². The molecule has 0 aromatic heterocycles. The van der Waals surface area contributed by atoms with Crippen LogP contribution in [0.15, 0.2) is 57.4 Å². The summed E-state index contributed by atoms with van der Waals surface area (Å²) in [6.45, 7) is 1.99. The van der Waals surface area contributed by atoms with Crippen molar-refractivity contribution < 1.29 is 10.1 Å². The molecule has 102 valence electrons. The minimum absolute atomic E-state index is 0.00650. The number of rotatable bonds is 4. The quantitative estimate of drug-likeness (QED) is 0.401. The molecule has 0 bridgehead atoms. The molecule has 2 rings (SSSR count). The van der Waals surface area contributed by atoms with Crippen molar-refractivity contribution in [2.75, 3.05) is 0 Å². The van der Waals surface area contributed by atoms with E-state index in [1.54, 1.807) is 12.1 Å². The lowest BCUT2D eigenvalue weighted by Crippen LogP contribution is -1.93. The van der Waals surface area contributed by atoms with Gasteiger partial charge in [0.2, 0.25) is 0 Å². The second-order valence-corrected chi connectivity index (χ2v) is 5.26. The van der Waals surface area contributed by atoms with Crippen LogP contribution >= 0.6 is 11.8 Å². The van der Waals surface area contributed by atoms with E-state index in [1.165, 1.54) is 17.8 Å². The third kappa shape index (κ3) is 3.36. The third-order valence-electron chi connectivity index (χ3n) is 2.64. The maximum atomic E-state index is 11.1. The predicted octanol–water partition coefficient (Wildman–Crippen LogP) is 3.86. The van der Waals surface area contributed by atoms with Gasteiger partial charge in [0.25, 0.3) is 5.69 Å². The topological polar surface area (TPSA) is 75.7 Å². The first-order valence-electron chi connectivity index (χ1n) is 5.80. The second-order valence-electron chi connectivity index (χ2n) is 4.14. The van der Waals surface area contributed by atoms with Gasteiger partial charge < -0.3 is 5.21 Å². The molecule has 0 heterocycles. The van der Waals surface area contributed by atoms with Gasteiger partial charge in [-0.2, -0.15) is 0 Å².